The lowest BCUT2D eigenvalue weighted by Crippen LogP contribution is -2.23. The van der Waals surface area contributed by atoms with Crippen LogP contribution in [0.2, 0.25) is 0 Å². The van der Waals surface area contributed by atoms with Gasteiger partial charge in [-0.15, -0.1) is 0 Å². The Morgan fingerprint density at radius 2 is 1.93 bits per heavy atom. The molecule has 1 aromatic carbocycles. The number of anilines is 1. The van der Waals surface area contributed by atoms with E-state index in [9.17, 15) is 9.59 Å². The molecule has 2 amide bonds. The van der Waals surface area contributed by atoms with Crippen LogP contribution in [-0.4, -0.2) is 26.6 Å². The maximum absolute atomic E-state index is 13.2. The first-order valence-corrected chi connectivity index (χ1v) is 9.77. The Balaban J connectivity index is 1.82. The van der Waals surface area contributed by atoms with Gasteiger partial charge >= 0.3 is 0 Å². The summed E-state index contributed by atoms with van der Waals surface area (Å²) in [5.41, 5.74) is 8.93. The molecule has 0 aliphatic heterocycles. The number of nitrogens with one attached hydrogen (secondary N) is 1. The zero-order valence-electron chi connectivity index (χ0n) is 17.1. The minimum atomic E-state index is -0.536. The van der Waals surface area contributed by atoms with Crippen molar-refractivity contribution in [1.82, 2.24) is 14.8 Å². The molecule has 29 heavy (non-hydrogen) atoms. The molecule has 2 aromatic heterocycles. The molecule has 1 saturated carbocycles. The average molecular weight is 391 g/mol. The lowest BCUT2D eigenvalue weighted by molar-refractivity contribution is 0.0996. The van der Waals surface area contributed by atoms with Crippen LogP contribution < -0.4 is 11.1 Å². The highest BCUT2D eigenvalue weighted by Gasteiger charge is 2.30. The number of nitrogens with zero attached hydrogens (tertiary/aromatic N) is 3. The third-order valence-electron chi connectivity index (χ3n) is 5.11. The first-order chi connectivity index (χ1) is 13.6. The molecule has 0 atom stereocenters. The van der Waals surface area contributed by atoms with E-state index in [0.29, 0.717) is 22.7 Å². The van der Waals surface area contributed by atoms with Gasteiger partial charge in [0.05, 0.1) is 22.2 Å². The van der Waals surface area contributed by atoms with E-state index in [-0.39, 0.29) is 11.4 Å². The number of primary amides is 1. The van der Waals surface area contributed by atoms with Gasteiger partial charge in [-0.2, -0.15) is 5.10 Å². The van der Waals surface area contributed by atoms with E-state index in [1.807, 2.05) is 17.7 Å². The van der Waals surface area contributed by atoms with Crippen molar-refractivity contribution in [2.75, 3.05) is 5.32 Å². The highest BCUT2D eigenvalue weighted by Crippen LogP contribution is 2.41. The second-order valence-corrected chi connectivity index (χ2v) is 8.63. The molecule has 3 N–H and O–H groups in total. The fourth-order valence-corrected chi connectivity index (χ4v) is 3.49. The predicted octanol–water partition coefficient (Wildman–Crippen LogP) is 3.72. The molecule has 7 heteroatoms. The maximum atomic E-state index is 13.2. The fraction of sp³-hybridized carbons (Fsp3) is 0.364. The Bertz CT molecular complexity index is 1140. The van der Waals surface area contributed by atoms with Crippen LogP contribution in [0.1, 0.15) is 71.6 Å². The number of pyridine rings is 1. The number of aryl methyl sites for hydroxylation is 1. The molecule has 3 aromatic rings. The first kappa shape index (κ1) is 19.1. The summed E-state index contributed by atoms with van der Waals surface area (Å²) in [6, 6.07) is 8.50. The molecule has 0 saturated heterocycles. The molecule has 0 spiro atoms. The van der Waals surface area contributed by atoms with Crippen molar-refractivity contribution in [2.24, 2.45) is 5.73 Å². The standard InChI is InChI=1S/C22H25N5O2/c1-12-18-16(21(29)24-15-7-5-6-14(10-15)19(23)28)11-17(13-8-9-13)25-20(18)27(26-12)22(2,3)4/h5-7,10-11,13H,8-9H2,1-4H3,(H2,23,28)(H,24,29). The number of aromatic nitrogens is 3. The summed E-state index contributed by atoms with van der Waals surface area (Å²) in [4.78, 5) is 29.5. The van der Waals surface area contributed by atoms with E-state index >= 15 is 0 Å². The summed E-state index contributed by atoms with van der Waals surface area (Å²) in [5, 5.41) is 8.34. The first-order valence-electron chi connectivity index (χ1n) is 9.77. The van der Waals surface area contributed by atoms with Crippen LogP contribution in [0.25, 0.3) is 11.0 Å². The molecule has 150 valence electrons. The van der Waals surface area contributed by atoms with Gasteiger partial charge in [0.25, 0.3) is 5.91 Å². The second-order valence-electron chi connectivity index (χ2n) is 8.63. The number of rotatable bonds is 4. The predicted molar refractivity (Wildman–Crippen MR) is 112 cm³/mol. The van der Waals surface area contributed by atoms with Crippen molar-refractivity contribution in [3.63, 3.8) is 0 Å². The molecule has 1 aliphatic rings. The van der Waals surface area contributed by atoms with Gasteiger partial charge in [-0.1, -0.05) is 6.07 Å². The third-order valence-corrected chi connectivity index (χ3v) is 5.11. The average Bonchev–Trinajstić information content (AvgIpc) is 3.44. The van der Waals surface area contributed by atoms with Crippen LogP contribution in [0, 0.1) is 6.92 Å². The maximum Gasteiger partial charge on any atom is 0.256 e. The monoisotopic (exact) mass is 391 g/mol. The molecular formula is C22H25N5O2. The van der Waals surface area contributed by atoms with Gasteiger partial charge in [-0.05, 0) is 64.8 Å². The number of nitrogens with two attached hydrogens (primary N) is 1. The normalized spacial score (nSPS) is 14.2. The number of benzene rings is 1. The molecule has 0 unspecified atom stereocenters. The van der Waals surface area contributed by atoms with Crippen molar-refractivity contribution in [1.29, 1.82) is 0 Å². The van der Waals surface area contributed by atoms with Crippen molar-refractivity contribution in [3.8, 4) is 0 Å². The number of fused-ring (bicyclic) bond motifs is 1. The summed E-state index contributed by atoms with van der Waals surface area (Å²) in [6.07, 6.45) is 2.17. The van der Waals surface area contributed by atoms with Gasteiger partial charge < -0.3 is 11.1 Å². The number of carbonyl (C=O) groups is 2. The van der Waals surface area contributed by atoms with Crippen LogP contribution in [0.5, 0.6) is 0 Å². The van der Waals surface area contributed by atoms with E-state index in [1.165, 1.54) is 0 Å². The highest BCUT2D eigenvalue weighted by atomic mass is 16.2. The Hall–Kier alpha value is -3.22. The zero-order valence-corrected chi connectivity index (χ0v) is 17.1. The Morgan fingerprint density at radius 3 is 2.55 bits per heavy atom. The van der Waals surface area contributed by atoms with Gasteiger partial charge in [-0.25, -0.2) is 9.67 Å². The number of carbonyl (C=O) groups excluding carboxylic acids is 2. The van der Waals surface area contributed by atoms with Gasteiger partial charge in [0.2, 0.25) is 5.91 Å². The summed E-state index contributed by atoms with van der Waals surface area (Å²) in [5.74, 6) is -0.393. The molecule has 2 heterocycles. The van der Waals surface area contributed by atoms with E-state index in [1.54, 1.807) is 24.3 Å². The lowest BCUT2D eigenvalue weighted by atomic mass is 10.1. The largest absolute Gasteiger partial charge is 0.366 e. The topological polar surface area (TPSA) is 103 Å². The Kier molecular flexibility index (Phi) is 4.41. The highest BCUT2D eigenvalue weighted by molar-refractivity contribution is 6.13. The van der Waals surface area contributed by atoms with E-state index in [0.717, 1.165) is 35.3 Å². The van der Waals surface area contributed by atoms with Crippen LogP contribution in [-0.2, 0) is 5.54 Å². The number of amides is 2. The molecule has 7 nitrogen and oxygen atoms in total. The fourth-order valence-electron chi connectivity index (χ4n) is 3.49. The molecule has 1 fully saturated rings. The van der Waals surface area contributed by atoms with Gasteiger partial charge in [0.1, 0.15) is 0 Å². The SMILES string of the molecule is Cc1nn(C(C)(C)C)c2nc(C3CC3)cc(C(=O)Nc3cccc(C(N)=O)c3)c12. The summed E-state index contributed by atoms with van der Waals surface area (Å²) >= 11 is 0. The van der Waals surface area contributed by atoms with E-state index in [4.69, 9.17) is 10.7 Å². The zero-order chi connectivity index (χ0) is 20.9. The van der Waals surface area contributed by atoms with Crippen LogP contribution >= 0.6 is 0 Å². The summed E-state index contributed by atoms with van der Waals surface area (Å²) < 4.78 is 1.90. The molecule has 0 bridgehead atoms. The third kappa shape index (κ3) is 3.60. The van der Waals surface area contributed by atoms with Gasteiger partial charge in [-0.3, -0.25) is 9.59 Å². The molecule has 1 aliphatic carbocycles. The number of hydrogen-bond acceptors (Lipinski definition) is 4. The van der Waals surface area contributed by atoms with Gasteiger partial charge in [0.15, 0.2) is 5.65 Å². The van der Waals surface area contributed by atoms with Crippen LogP contribution in [0.15, 0.2) is 30.3 Å². The van der Waals surface area contributed by atoms with Gasteiger partial charge in [0, 0.05) is 22.9 Å². The lowest BCUT2D eigenvalue weighted by Gasteiger charge is -2.20. The summed E-state index contributed by atoms with van der Waals surface area (Å²) in [7, 11) is 0. The van der Waals surface area contributed by atoms with E-state index in [2.05, 4.69) is 31.2 Å². The van der Waals surface area contributed by atoms with Crippen LogP contribution in [0.3, 0.4) is 0 Å². The van der Waals surface area contributed by atoms with Crippen LogP contribution in [0.4, 0.5) is 5.69 Å². The minimum Gasteiger partial charge on any atom is -0.366 e. The minimum absolute atomic E-state index is 0.252. The summed E-state index contributed by atoms with van der Waals surface area (Å²) in [6.45, 7) is 8.10. The second kappa shape index (κ2) is 6.69. The number of hydrogen-bond donors (Lipinski definition) is 2. The molecular weight excluding hydrogens is 366 g/mol. The Morgan fingerprint density at radius 1 is 1.21 bits per heavy atom. The van der Waals surface area contributed by atoms with Crippen molar-refractivity contribution in [2.45, 2.75) is 52.0 Å². The van der Waals surface area contributed by atoms with Crippen molar-refractivity contribution in [3.05, 3.63) is 52.8 Å². The Labute approximate surface area is 169 Å². The quantitative estimate of drug-likeness (QED) is 0.707. The molecule has 4 rings (SSSR count). The van der Waals surface area contributed by atoms with Crippen molar-refractivity contribution < 1.29 is 9.59 Å². The smallest absolute Gasteiger partial charge is 0.256 e. The van der Waals surface area contributed by atoms with E-state index < -0.39 is 5.91 Å². The molecule has 0 radical (unpaired) electrons. The van der Waals surface area contributed by atoms with Crippen molar-refractivity contribution >= 4 is 28.5 Å².